The van der Waals surface area contributed by atoms with Gasteiger partial charge >= 0.3 is 12.1 Å². The van der Waals surface area contributed by atoms with Crippen LogP contribution in [0.3, 0.4) is 0 Å². The molecule has 1 aromatic heterocycles. The Kier molecular flexibility index (Phi) is 5.13. The normalized spacial score (nSPS) is 11.2. The molecule has 0 saturated carbocycles. The van der Waals surface area contributed by atoms with Gasteiger partial charge in [-0.15, -0.1) is 11.3 Å². The van der Waals surface area contributed by atoms with Crippen molar-refractivity contribution < 1.29 is 19.1 Å². The van der Waals surface area contributed by atoms with Crippen LogP contribution in [0.5, 0.6) is 0 Å². The zero-order valence-electron chi connectivity index (χ0n) is 8.89. The summed E-state index contributed by atoms with van der Waals surface area (Å²) in [5.74, 6) is -0.394. The van der Waals surface area contributed by atoms with Crippen molar-refractivity contribution in [2.75, 3.05) is 13.2 Å². The van der Waals surface area contributed by atoms with Gasteiger partial charge in [-0.1, -0.05) is 11.3 Å². The van der Waals surface area contributed by atoms with Gasteiger partial charge < -0.3 is 9.47 Å². The highest BCUT2D eigenvalue weighted by molar-refractivity contribution is 7.27. The molecule has 0 radical (unpaired) electrons. The Morgan fingerprint density at radius 3 is 2.62 bits per heavy atom. The molecule has 0 aliphatic carbocycles. The molecule has 1 heterocycles. The van der Waals surface area contributed by atoms with Gasteiger partial charge in [0.25, 0.3) is 0 Å². The van der Waals surface area contributed by atoms with Crippen LogP contribution in [0.25, 0.3) is 0 Å². The first kappa shape index (κ1) is 12.9. The Balaban J connectivity index is 2.78. The van der Waals surface area contributed by atoms with Crippen LogP contribution < -0.4 is 3.98 Å². The lowest BCUT2D eigenvalue weighted by Crippen LogP contribution is -2.03. The average Bonchev–Trinajstić information content (AvgIpc) is 2.67. The van der Waals surface area contributed by atoms with Gasteiger partial charge in [0.2, 0.25) is 0 Å². The van der Waals surface area contributed by atoms with Gasteiger partial charge in [-0.25, -0.2) is 9.59 Å². The minimum Gasteiger partial charge on any atom is -0.462 e. The summed E-state index contributed by atoms with van der Waals surface area (Å²) in [6.07, 6.45) is -0.643. The third-order valence-electron chi connectivity index (χ3n) is 1.39. The minimum absolute atomic E-state index is 0.281. The molecule has 0 spiro atoms. The molecular formula is C9H11NO4S2. The molecule has 5 nitrogen and oxygen atoms in total. The number of esters is 1. The minimum atomic E-state index is -0.643. The molecule has 1 aromatic rings. The third-order valence-corrected chi connectivity index (χ3v) is 3.50. The Morgan fingerprint density at radius 1 is 1.31 bits per heavy atom. The summed E-state index contributed by atoms with van der Waals surface area (Å²) >= 11 is 2.32. The average molecular weight is 261 g/mol. The number of ether oxygens (including phenoxy) is 2. The molecule has 88 valence electrons. The van der Waals surface area contributed by atoms with Crippen LogP contribution in [-0.2, 0) is 9.47 Å². The molecule has 0 bridgehead atoms. The van der Waals surface area contributed by atoms with E-state index >= 15 is 0 Å². The van der Waals surface area contributed by atoms with E-state index in [2.05, 4.69) is 9.73 Å². The maximum Gasteiger partial charge on any atom is 0.435 e. The monoisotopic (exact) mass is 261 g/mol. The van der Waals surface area contributed by atoms with Gasteiger partial charge in [-0.3, -0.25) is 0 Å². The Labute approximate surface area is 100 Å². The quantitative estimate of drug-likeness (QED) is 0.781. The number of carbonyl (C=O) groups is 2. The smallest absolute Gasteiger partial charge is 0.435 e. The molecule has 0 aliphatic rings. The fourth-order valence-corrected chi connectivity index (χ4v) is 2.64. The predicted octanol–water partition coefficient (Wildman–Crippen LogP) is 2.04. The Bertz CT molecular complexity index is 435. The first-order chi connectivity index (χ1) is 7.67. The van der Waals surface area contributed by atoms with Crippen LogP contribution in [0.4, 0.5) is 4.79 Å². The van der Waals surface area contributed by atoms with Gasteiger partial charge in [-0.2, -0.15) is 4.99 Å². The molecule has 0 saturated heterocycles. The van der Waals surface area contributed by atoms with Crippen molar-refractivity contribution >= 4 is 34.7 Å². The molecule has 16 heavy (non-hydrogen) atoms. The molecule has 0 aromatic carbocycles. The highest BCUT2D eigenvalue weighted by Gasteiger charge is 2.09. The van der Waals surface area contributed by atoms with Gasteiger partial charge in [-0.05, 0) is 13.8 Å². The zero-order valence-corrected chi connectivity index (χ0v) is 10.5. The summed E-state index contributed by atoms with van der Waals surface area (Å²) in [4.78, 5) is 26.5. The fraction of sp³-hybridized carbons (Fsp3) is 0.444. The second kappa shape index (κ2) is 6.39. The summed E-state index contributed by atoms with van der Waals surface area (Å²) in [5, 5.41) is 1.61. The number of nitrogens with zero attached hydrogens (tertiary/aromatic N) is 1. The van der Waals surface area contributed by atoms with Crippen LogP contribution in [0.1, 0.15) is 23.5 Å². The molecule has 0 fully saturated rings. The van der Waals surface area contributed by atoms with Crippen LogP contribution in [-0.4, -0.2) is 25.3 Å². The largest absolute Gasteiger partial charge is 0.462 e. The lowest BCUT2D eigenvalue weighted by Gasteiger charge is -1.95. The number of carbonyl (C=O) groups excluding carboxylic acids is 2. The zero-order chi connectivity index (χ0) is 12.0. The number of hydrogen-bond acceptors (Lipinski definition) is 6. The maximum absolute atomic E-state index is 11.3. The van der Waals surface area contributed by atoms with E-state index < -0.39 is 12.1 Å². The number of rotatable bonds is 3. The van der Waals surface area contributed by atoms with Crippen LogP contribution in [0.15, 0.2) is 10.4 Å². The van der Waals surface area contributed by atoms with Crippen LogP contribution in [0, 0.1) is 0 Å². The van der Waals surface area contributed by atoms with Crippen molar-refractivity contribution in [1.82, 2.24) is 0 Å². The lowest BCUT2D eigenvalue weighted by atomic mass is 10.6. The van der Waals surface area contributed by atoms with Crippen molar-refractivity contribution in [3.8, 4) is 0 Å². The van der Waals surface area contributed by atoms with Gasteiger partial charge in [0.15, 0.2) is 3.98 Å². The Hall–Kier alpha value is -1.21. The van der Waals surface area contributed by atoms with E-state index in [4.69, 9.17) is 4.74 Å². The second-order valence-electron chi connectivity index (χ2n) is 2.50. The first-order valence-corrected chi connectivity index (χ1v) is 6.34. The third kappa shape index (κ3) is 3.74. The summed E-state index contributed by atoms with van der Waals surface area (Å²) in [7, 11) is 0. The topological polar surface area (TPSA) is 65.0 Å². The standard InChI is InChI=1S/C9H11NO4S2/c1-3-13-7(11)6-5-15-9(16-6)10-8(12)14-4-2/h5H,3-4H2,1-2H3/b10-9+. The fourth-order valence-electron chi connectivity index (χ4n) is 0.818. The van der Waals surface area contributed by atoms with Gasteiger partial charge in [0.1, 0.15) is 4.88 Å². The number of hydrogen-bond donors (Lipinski definition) is 0. The van der Waals surface area contributed by atoms with Crippen molar-refractivity contribution in [3.05, 3.63) is 14.2 Å². The first-order valence-electron chi connectivity index (χ1n) is 4.64. The second-order valence-corrected chi connectivity index (χ2v) is 4.65. The molecule has 0 unspecified atom stereocenters. The van der Waals surface area contributed by atoms with E-state index in [0.717, 1.165) is 11.3 Å². The van der Waals surface area contributed by atoms with E-state index in [-0.39, 0.29) is 6.61 Å². The highest BCUT2D eigenvalue weighted by Crippen LogP contribution is 2.09. The van der Waals surface area contributed by atoms with Crippen molar-refractivity contribution in [2.24, 2.45) is 4.99 Å². The Morgan fingerprint density at radius 2 is 2.00 bits per heavy atom. The van der Waals surface area contributed by atoms with E-state index in [1.165, 1.54) is 11.3 Å². The molecule has 0 aliphatic heterocycles. The van der Waals surface area contributed by atoms with Gasteiger partial charge in [0.05, 0.1) is 13.2 Å². The SMILES string of the molecule is CCOC(=O)/N=c1\scc(C(=O)OCC)s1. The molecule has 1 rings (SSSR count). The van der Waals surface area contributed by atoms with Gasteiger partial charge in [0, 0.05) is 5.38 Å². The van der Waals surface area contributed by atoms with Crippen molar-refractivity contribution in [3.63, 3.8) is 0 Å². The van der Waals surface area contributed by atoms with Crippen LogP contribution in [0.2, 0.25) is 0 Å². The summed E-state index contributed by atoms with van der Waals surface area (Å²) in [6.45, 7) is 4.04. The molecule has 7 heteroatoms. The highest BCUT2D eigenvalue weighted by atomic mass is 32.2. The van der Waals surface area contributed by atoms with E-state index in [1.807, 2.05) is 0 Å². The predicted molar refractivity (Wildman–Crippen MR) is 60.7 cm³/mol. The summed E-state index contributed by atoms with van der Waals surface area (Å²) < 4.78 is 9.94. The molecule has 1 amide bonds. The van der Waals surface area contributed by atoms with E-state index in [1.54, 1.807) is 19.2 Å². The molecular weight excluding hydrogens is 250 g/mol. The maximum atomic E-state index is 11.3. The summed E-state index contributed by atoms with van der Waals surface area (Å²) in [6, 6.07) is 0. The molecule has 0 atom stereocenters. The van der Waals surface area contributed by atoms with E-state index in [9.17, 15) is 9.59 Å². The van der Waals surface area contributed by atoms with Crippen LogP contribution >= 0.6 is 22.7 Å². The van der Waals surface area contributed by atoms with Crippen molar-refractivity contribution in [1.29, 1.82) is 0 Å². The lowest BCUT2D eigenvalue weighted by molar-refractivity contribution is 0.0532. The summed E-state index contributed by atoms with van der Waals surface area (Å²) in [5.41, 5.74) is 0. The molecule has 0 N–H and O–H groups in total. The number of amides is 1. The van der Waals surface area contributed by atoms with E-state index in [0.29, 0.717) is 15.5 Å². The van der Waals surface area contributed by atoms with Crippen molar-refractivity contribution in [2.45, 2.75) is 13.8 Å².